The lowest BCUT2D eigenvalue weighted by molar-refractivity contribution is -0.152. The molecule has 0 bridgehead atoms. The van der Waals surface area contributed by atoms with Gasteiger partial charge in [-0.15, -0.1) is 5.10 Å². The van der Waals surface area contributed by atoms with Gasteiger partial charge in [0.2, 0.25) is 0 Å². The van der Waals surface area contributed by atoms with Crippen molar-refractivity contribution in [3.63, 3.8) is 0 Å². The summed E-state index contributed by atoms with van der Waals surface area (Å²) in [5, 5.41) is 3.84. The first-order valence-electron chi connectivity index (χ1n) is 7.30. The van der Waals surface area contributed by atoms with Crippen LogP contribution in [0.3, 0.4) is 0 Å². The molecule has 8 nitrogen and oxygen atoms in total. The smallest absolute Gasteiger partial charge is 0.387 e. The molecule has 2 aromatic rings. The van der Waals surface area contributed by atoms with Gasteiger partial charge in [0.05, 0.1) is 10.5 Å². The largest absolute Gasteiger partial charge is 0.416 e. The van der Waals surface area contributed by atoms with Gasteiger partial charge in [-0.3, -0.25) is 0 Å². The average Bonchev–Trinajstić information content (AvgIpc) is 3.07. The van der Waals surface area contributed by atoms with E-state index < -0.39 is 38.4 Å². The first-order valence-corrected chi connectivity index (χ1v) is 9.19. The molecule has 28 heavy (non-hydrogen) atoms. The molecule has 0 saturated heterocycles. The maximum Gasteiger partial charge on any atom is 0.416 e. The highest BCUT2D eigenvalue weighted by Gasteiger charge is 2.32. The summed E-state index contributed by atoms with van der Waals surface area (Å²) in [6.45, 7) is 3.12. The van der Waals surface area contributed by atoms with E-state index in [1.54, 1.807) is 0 Å². The van der Waals surface area contributed by atoms with Crippen LogP contribution < -0.4 is 0 Å². The van der Waals surface area contributed by atoms with Gasteiger partial charge in [0.15, 0.2) is 15.7 Å². The molecule has 0 fully saturated rings. The van der Waals surface area contributed by atoms with Crippen molar-refractivity contribution in [1.82, 2.24) is 14.8 Å². The molecule has 0 atom stereocenters. The highest BCUT2D eigenvalue weighted by atomic mass is 32.2. The SMILES string of the molecule is C=CC(=O)OC(=O)/C=C\n1cnc(-c2cc(C(F)(F)F)cc(S(C)(=O)=O)c2)n1. The van der Waals surface area contributed by atoms with Crippen molar-refractivity contribution >= 4 is 28.0 Å². The molecular formula is C16H12F3N3O5S. The van der Waals surface area contributed by atoms with Crippen molar-refractivity contribution in [2.45, 2.75) is 11.1 Å². The standard InChI is InChI=1S/C16H12F3N3O5S/c1-3-13(23)27-14(24)4-5-22-9-20-15(21-22)10-6-11(16(17,18)19)8-12(7-10)28(2,25)26/h3-9H,1H2,2H3/b5-4-. The van der Waals surface area contributed by atoms with Crippen LogP contribution in [0.4, 0.5) is 13.2 Å². The van der Waals surface area contributed by atoms with Crippen molar-refractivity contribution in [3.8, 4) is 11.4 Å². The van der Waals surface area contributed by atoms with E-state index in [4.69, 9.17) is 0 Å². The second-order valence-electron chi connectivity index (χ2n) is 5.32. The van der Waals surface area contributed by atoms with E-state index in [1.807, 2.05) is 0 Å². The second kappa shape index (κ2) is 7.76. The van der Waals surface area contributed by atoms with Crippen LogP contribution in [-0.2, 0) is 30.3 Å². The number of hydrogen-bond acceptors (Lipinski definition) is 7. The molecule has 0 amide bonds. The van der Waals surface area contributed by atoms with Crippen molar-refractivity contribution < 1.29 is 35.9 Å². The number of alkyl halides is 3. The first-order chi connectivity index (χ1) is 12.9. The number of ether oxygens (including phenoxy) is 1. The Labute approximate surface area is 156 Å². The van der Waals surface area contributed by atoms with E-state index in [0.717, 1.165) is 41.7 Å². The fourth-order valence-electron chi connectivity index (χ4n) is 1.90. The van der Waals surface area contributed by atoms with Gasteiger partial charge in [-0.2, -0.15) is 13.2 Å². The van der Waals surface area contributed by atoms with Gasteiger partial charge in [0.1, 0.15) is 6.33 Å². The number of nitrogens with zero attached hydrogens (tertiary/aromatic N) is 3. The fourth-order valence-corrected chi connectivity index (χ4v) is 2.58. The number of hydrogen-bond donors (Lipinski definition) is 0. The van der Waals surface area contributed by atoms with Gasteiger partial charge in [0.25, 0.3) is 0 Å². The van der Waals surface area contributed by atoms with E-state index in [1.165, 1.54) is 0 Å². The van der Waals surface area contributed by atoms with E-state index in [2.05, 4.69) is 21.4 Å². The predicted octanol–water partition coefficient (Wildman–Crippen LogP) is 2.09. The van der Waals surface area contributed by atoms with Crippen molar-refractivity contribution in [1.29, 1.82) is 0 Å². The zero-order chi connectivity index (χ0) is 21.1. The van der Waals surface area contributed by atoms with Crippen LogP contribution in [0.1, 0.15) is 5.56 Å². The van der Waals surface area contributed by atoms with Crippen LogP contribution in [0, 0.1) is 0 Å². The number of carbonyl (C=O) groups excluding carboxylic acids is 2. The quantitative estimate of drug-likeness (QED) is 0.418. The molecular weight excluding hydrogens is 403 g/mol. The molecule has 0 aliphatic rings. The lowest BCUT2D eigenvalue weighted by Crippen LogP contribution is -2.08. The molecule has 0 aliphatic carbocycles. The summed E-state index contributed by atoms with van der Waals surface area (Å²) < 4.78 is 67.8. The van der Waals surface area contributed by atoms with Crippen LogP contribution in [0.25, 0.3) is 17.6 Å². The molecule has 0 saturated carbocycles. The first kappa shape index (κ1) is 21.0. The van der Waals surface area contributed by atoms with Gasteiger partial charge in [-0.25, -0.2) is 27.7 Å². The Bertz CT molecular complexity index is 1070. The van der Waals surface area contributed by atoms with E-state index >= 15 is 0 Å². The van der Waals surface area contributed by atoms with Crippen molar-refractivity contribution in [2.75, 3.05) is 6.26 Å². The zero-order valence-corrected chi connectivity index (χ0v) is 15.0. The minimum atomic E-state index is -4.78. The third-order valence-corrected chi connectivity index (χ3v) is 4.25. The van der Waals surface area contributed by atoms with Gasteiger partial charge in [0, 0.05) is 30.2 Å². The Morgan fingerprint density at radius 2 is 1.89 bits per heavy atom. The topological polar surface area (TPSA) is 108 Å². The fraction of sp³-hybridized carbons (Fsp3) is 0.125. The van der Waals surface area contributed by atoms with Crippen LogP contribution >= 0.6 is 0 Å². The van der Waals surface area contributed by atoms with Crippen LogP contribution in [0.2, 0.25) is 0 Å². The third kappa shape index (κ3) is 5.36. The monoisotopic (exact) mass is 415 g/mol. The highest BCUT2D eigenvalue weighted by Crippen LogP contribution is 2.33. The van der Waals surface area contributed by atoms with Crippen LogP contribution in [0.5, 0.6) is 0 Å². The van der Waals surface area contributed by atoms with E-state index in [0.29, 0.717) is 12.1 Å². The van der Waals surface area contributed by atoms with Gasteiger partial charge in [-0.05, 0) is 18.2 Å². The van der Waals surface area contributed by atoms with E-state index in [9.17, 15) is 31.2 Å². The number of benzene rings is 1. The van der Waals surface area contributed by atoms with Gasteiger partial charge >= 0.3 is 18.1 Å². The predicted molar refractivity (Wildman–Crippen MR) is 90.2 cm³/mol. The number of halogens is 3. The highest BCUT2D eigenvalue weighted by molar-refractivity contribution is 7.90. The van der Waals surface area contributed by atoms with Crippen molar-refractivity contribution in [3.05, 3.63) is 48.8 Å². The Hall–Kier alpha value is -3.28. The molecule has 0 radical (unpaired) electrons. The molecule has 1 heterocycles. The van der Waals surface area contributed by atoms with Gasteiger partial charge < -0.3 is 4.74 Å². The summed E-state index contributed by atoms with van der Waals surface area (Å²) in [6.07, 6.45) is -0.286. The normalized spacial score (nSPS) is 12.1. The van der Waals surface area contributed by atoms with Crippen LogP contribution in [0.15, 0.2) is 48.2 Å². The number of sulfone groups is 1. The summed E-state index contributed by atoms with van der Waals surface area (Å²) in [6, 6.07) is 2.22. The molecule has 0 aliphatic heterocycles. The Balaban J connectivity index is 2.38. The summed E-state index contributed by atoms with van der Waals surface area (Å²) in [4.78, 5) is 25.5. The lowest BCUT2D eigenvalue weighted by atomic mass is 10.1. The third-order valence-electron chi connectivity index (χ3n) is 3.16. The minimum Gasteiger partial charge on any atom is -0.387 e. The number of aromatic nitrogens is 3. The summed E-state index contributed by atoms with van der Waals surface area (Å²) in [7, 11) is -3.92. The molecule has 1 aromatic carbocycles. The van der Waals surface area contributed by atoms with Crippen LogP contribution in [-0.4, -0.2) is 41.4 Å². The van der Waals surface area contributed by atoms with E-state index in [-0.39, 0.29) is 11.4 Å². The molecule has 12 heteroatoms. The molecule has 0 N–H and O–H groups in total. The van der Waals surface area contributed by atoms with Crippen molar-refractivity contribution in [2.24, 2.45) is 0 Å². The summed E-state index contributed by atoms with van der Waals surface area (Å²) in [5.74, 6) is -2.21. The maximum atomic E-state index is 13.1. The molecule has 0 unspecified atom stereocenters. The summed E-state index contributed by atoms with van der Waals surface area (Å²) in [5.41, 5.74) is -1.37. The second-order valence-corrected chi connectivity index (χ2v) is 7.34. The Kier molecular flexibility index (Phi) is 5.83. The number of esters is 2. The lowest BCUT2D eigenvalue weighted by Gasteiger charge is -2.10. The molecule has 2 rings (SSSR count). The molecule has 1 aromatic heterocycles. The maximum absolute atomic E-state index is 13.1. The number of carbonyl (C=O) groups is 2. The zero-order valence-electron chi connectivity index (χ0n) is 14.2. The number of rotatable bonds is 5. The van der Waals surface area contributed by atoms with Gasteiger partial charge in [-0.1, -0.05) is 6.58 Å². The Morgan fingerprint density at radius 3 is 2.46 bits per heavy atom. The Morgan fingerprint density at radius 1 is 1.21 bits per heavy atom. The minimum absolute atomic E-state index is 0.188. The average molecular weight is 415 g/mol. The molecule has 148 valence electrons. The molecule has 0 spiro atoms. The summed E-state index contributed by atoms with van der Waals surface area (Å²) >= 11 is 0.